The molecule has 2 aromatic carbocycles. The van der Waals surface area contributed by atoms with E-state index < -0.39 is 41.6 Å². The van der Waals surface area contributed by atoms with Crippen LogP contribution in [0.4, 0.5) is 8.78 Å². The first-order valence-electron chi connectivity index (χ1n) is 16.1. The maximum atomic E-state index is 15.0. The normalized spacial score (nSPS) is 12.9. The number of nitrogens with zero attached hydrogens (tertiary/aromatic N) is 2. The monoisotopic (exact) mass is 706 g/mol. The molecule has 1 unspecified atom stereocenters. The molecular weight excluding hydrogens is 658 g/mol. The number of rotatable bonds is 11. The van der Waals surface area contributed by atoms with Crippen molar-refractivity contribution in [1.82, 2.24) is 20.1 Å². The number of likely N-dealkylation sites (tertiary alicyclic amines) is 1. The van der Waals surface area contributed by atoms with Gasteiger partial charge in [-0.05, 0) is 87.7 Å². The molecule has 0 saturated carbocycles. The van der Waals surface area contributed by atoms with E-state index in [2.05, 4.69) is 20.3 Å². The third kappa shape index (κ3) is 13.1. The molecule has 9 nitrogen and oxygen atoms in total. The third-order valence-corrected chi connectivity index (χ3v) is 7.64. The van der Waals surface area contributed by atoms with Crippen LogP contribution in [0.2, 0.25) is 0 Å². The second-order valence-corrected chi connectivity index (χ2v) is 11.9. The third-order valence-electron chi connectivity index (χ3n) is 7.64. The first kappa shape index (κ1) is 44.3. The minimum atomic E-state index is -1.02. The molecule has 0 aliphatic carbocycles. The maximum absolute atomic E-state index is 15.0. The van der Waals surface area contributed by atoms with E-state index >= 15 is 0 Å². The van der Waals surface area contributed by atoms with Crippen molar-refractivity contribution in [3.63, 3.8) is 0 Å². The Hall–Kier alpha value is -2.74. The van der Waals surface area contributed by atoms with Crippen LogP contribution in [-0.4, -0.2) is 61.0 Å². The van der Waals surface area contributed by atoms with Crippen LogP contribution in [0.1, 0.15) is 72.8 Å². The Kier molecular flexibility index (Phi) is 20.0. The van der Waals surface area contributed by atoms with Gasteiger partial charge in [0.1, 0.15) is 5.56 Å². The zero-order valence-electron chi connectivity index (χ0n) is 30.3. The number of ether oxygens (including phenoxy) is 1. The Morgan fingerprint density at radius 1 is 1.08 bits per heavy atom. The average molecular weight is 707 g/mol. The van der Waals surface area contributed by atoms with Gasteiger partial charge in [-0.2, -0.15) is 13.8 Å². The van der Waals surface area contributed by atoms with E-state index in [1.54, 1.807) is 32.2 Å². The smallest absolute Gasteiger partial charge is 0.468 e. The molecule has 2 N–H and O–H groups in total. The van der Waals surface area contributed by atoms with Gasteiger partial charge in [-0.1, -0.05) is 24.6 Å². The molecule has 3 aromatic rings. The van der Waals surface area contributed by atoms with E-state index in [0.29, 0.717) is 37.5 Å². The van der Waals surface area contributed by atoms with Crippen molar-refractivity contribution in [2.24, 2.45) is 5.92 Å². The summed E-state index contributed by atoms with van der Waals surface area (Å²) >= 11 is 0. The summed E-state index contributed by atoms with van der Waals surface area (Å²) in [6.07, 6.45) is 3.95. The molecular formula is C37H49F2KN4O5. The van der Waals surface area contributed by atoms with Crippen molar-refractivity contribution in [2.75, 3.05) is 33.3 Å². The molecule has 1 saturated heterocycles. The van der Waals surface area contributed by atoms with Gasteiger partial charge in [0.2, 0.25) is 5.91 Å². The summed E-state index contributed by atoms with van der Waals surface area (Å²) in [7, 11) is 2.00. The van der Waals surface area contributed by atoms with Crippen molar-refractivity contribution in [3.05, 3.63) is 98.8 Å². The van der Waals surface area contributed by atoms with Crippen LogP contribution < -0.4 is 67.6 Å². The van der Waals surface area contributed by atoms with Crippen LogP contribution in [0.3, 0.4) is 0 Å². The van der Waals surface area contributed by atoms with Gasteiger partial charge in [0.05, 0.1) is 19.2 Å². The molecule has 4 rings (SSSR count). The summed E-state index contributed by atoms with van der Waals surface area (Å²) < 4.78 is 35.4. The standard InChI is InChI=1S/C31H36F2N4O3.C3H6O2.C3H7.K/c1-6-26(24-12-22(13-25(32)29(24)33)28-19(3)10-18(2)11-20(28)4)35-27(38)14-34-30(39)23-8-7-9-37(31(23)40)17-21-15-36(5)16-21;1-2-5-3-4;1-3-2;/h7-13,21,26H,6,14-17H2,1-5H3,(H,34,39)(H,35,38);3H,2H2,1H3;3H,1-2H3;/q;;-1;+1. The summed E-state index contributed by atoms with van der Waals surface area (Å²) in [5, 5.41) is 5.18. The quantitative estimate of drug-likeness (QED) is 0.181. The van der Waals surface area contributed by atoms with Crippen molar-refractivity contribution in [3.8, 4) is 11.1 Å². The van der Waals surface area contributed by atoms with Crippen LogP contribution in [0, 0.1) is 44.7 Å². The molecule has 49 heavy (non-hydrogen) atoms. The van der Waals surface area contributed by atoms with E-state index in [-0.39, 0.29) is 62.5 Å². The van der Waals surface area contributed by atoms with Crippen LogP contribution in [0.5, 0.6) is 0 Å². The summed E-state index contributed by atoms with van der Waals surface area (Å²) in [5.74, 6) is -2.92. The first-order chi connectivity index (χ1) is 22.8. The van der Waals surface area contributed by atoms with Crippen molar-refractivity contribution < 1.29 is 79.3 Å². The van der Waals surface area contributed by atoms with Gasteiger partial charge in [0.15, 0.2) is 11.6 Å². The van der Waals surface area contributed by atoms with Crippen LogP contribution in [-0.2, 0) is 20.9 Å². The minimum absolute atomic E-state index is 0. The number of pyridine rings is 1. The molecule has 1 fully saturated rings. The van der Waals surface area contributed by atoms with Gasteiger partial charge in [-0.15, -0.1) is 0 Å². The summed E-state index contributed by atoms with van der Waals surface area (Å²) in [4.78, 5) is 49.6. The van der Waals surface area contributed by atoms with E-state index in [0.717, 1.165) is 35.3 Å². The van der Waals surface area contributed by atoms with E-state index in [9.17, 15) is 28.0 Å². The van der Waals surface area contributed by atoms with E-state index in [4.69, 9.17) is 0 Å². The second-order valence-electron chi connectivity index (χ2n) is 11.9. The molecule has 2 amide bonds. The van der Waals surface area contributed by atoms with Gasteiger partial charge < -0.3 is 31.3 Å². The number of carbonyl (C=O) groups is 3. The molecule has 0 bridgehead atoms. The Labute approximate surface area is 331 Å². The second kappa shape index (κ2) is 22.2. The van der Waals surface area contributed by atoms with Crippen LogP contribution in [0.25, 0.3) is 11.1 Å². The van der Waals surface area contributed by atoms with Gasteiger partial charge in [0, 0.05) is 37.3 Å². The Morgan fingerprint density at radius 3 is 2.20 bits per heavy atom. The largest absolute Gasteiger partial charge is 1.00 e. The van der Waals surface area contributed by atoms with Crippen LogP contribution in [0.15, 0.2) is 47.4 Å². The van der Waals surface area contributed by atoms with Gasteiger partial charge >= 0.3 is 51.4 Å². The topological polar surface area (TPSA) is 110 Å². The molecule has 2 heterocycles. The average Bonchev–Trinajstić information content (AvgIpc) is 3.01. The summed E-state index contributed by atoms with van der Waals surface area (Å²) in [6.45, 7) is 16.1. The Bertz CT molecular complexity index is 1590. The first-order valence-corrected chi connectivity index (χ1v) is 16.1. The number of carbonyl (C=O) groups excluding carboxylic acids is 3. The fourth-order valence-corrected chi connectivity index (χ4v) is 5.69. The predicted molar refractivity (Wildman–Crippen MR) is 185 cm³/mol. The molecule has 262 valence electrons. The number of benzene rings is 2. The number of hydrogen-bond acceptors (Lipinski definition) is 6. The van der Waals surface area contributed by atoms with Crippen molar-refractivity contribution >= 4 is 18.3 Å². The molecule has 1 aromatic heterocycles. The maximum Gasteiger partial charge on any atom is 1.00 e. The summed E-state index contributed by atoms with van der Waals surface area (Å²) in [5.41, 5.74) is 3.85. The Morgan fingerprint density at radius 2 is 1.69 bits per heavy atom. The molecule has 12 heteroatoms. The molecule has 1 atom stereocenters. The summed E-state index contributed by atoms with van der Waals surface area (Å²) in [6, 6.07) is 8.95. The number of aromatic nitrogens is 1. The van der Waals surface area contributed by atoms with Gasteiger partial charge in [0.25, 0.3) is 17.9 Å². The molecule has 0 radical (unpaired) electrons. The number of halogens is 2. The Balaban J connectivity index is 0.00000120. The number of nitrogens with one attached hydrogen (secondary N) is 2. The van der Waals surface area contributed by atoms with E-state index in [1.165, 1.54) is 16.7 Å². The van der Waals surface area contributed by atoms with Crippen LogP contribution >= 0.6 is 0 Å². The number of amides is 2. The minimum Gasteiger partial charge on any atom is -0.468 e. The van der Waals surface area contributed by atoms with Crippen molar-refractivity contribution in [1.29, 1.82) is 0 Å². The van der Waals surface area contributed by atoms with E-state index in [1.807, 2.05) is 60.2 Å². The van der Waals surface area contributed by atoms with Gasteiger partial charge in [-0.25, -0.2) is 8.78 Å². The zero-order valence-corrected chi connectivity index (χ0v) is 33.4. The molecule has 1 aliphatic rings. The van der Waals surface area contributed by atoms with Crippen molar-refractivity contribution in [2.45, 2.75) is 67.5 Å². The molecule has 0 spiro atoms. The number of aryl methyl sites for hydroxylation is 3. The fraction of sp³-hybridized carbons (Fsp3) is 0.432. The number of hydrogen-bond donors (Lipinski definition) is 2. The van der Waals surface area contributed by atoms with Gasteiger partial charge in [-0.3, -0.25) is 19.2 Å². The molecule has 1 aliphatic heterocycles. The predicted octanol–water partition coefficient (Wildman–Crippen LogP) is 2.69. The zero-order chi connectivity index (χ0) is 36.0. The SMILES string of the molecule is CCC(NC(=O)CNC(=O)c1cccn(CC2CN(C)C2)c1=O)c1cc(-c2c(C)cc(C)cc2C)cc(F)c1F.CCOC=O.C[CH-]C.[K+]. The fourth-order valence-electron chi connectivity index (χ4n) is 5.69.